The van der Waals surface area contributed by atoms with E-state index in [0.29, 0.717) is 6.54 Å². The molecule has 5 heteroatoms. The average Bonchev–Trinajstić information content (AvgIpc) is 3.27. The van der Waals surface area contributed by atoms with Gasteiger partial charge in [0.25, 0.3) is 0 Å². The third-order valence-electron chi connectivity index (χ3n) is 3.73. The van der Waals surface area contributed by atoms with Gasteiger partial charge in [-0.25, -0.2) is 4.98 Å². The molecule has 1 aliphatic heterocycles. The van der Waals surface area contributed by atoms with Crippen LogP contribution < -0.4 is 0 Å². The Morgan fingerprint density at radius 1 is 1.20 bits per heavy atom. The standard InChI is InChI=1S/C12H20N4O.C6H6.C2H6/c1-9-7-13-12(14-9)10-5-4-6-16(10)11(17)8-15(2)3;1-2-4-6-5-3-1;1-2/h7,10H,4-6,8H2,1-3H3,(H,13,14);1-6H;1-2H3/t10-;;/m0../s1. The van der Waals surface area contributed by atoms with Gasteiger partial charge in [0, 0.05) is 18.4 Å². The van der Waals surface area contributed by atoms with Gasteiger partial charge in [-0.15, -0.1) is 0 Å². The number of hydrogen-bond donors (Lipinski definition) is 1. The van der Waals surface area contributed by atoms with Gasteiger partial charge < -0.3 is 14.8 Å². The van der Waals surface area contributed by atoms with Crippen LogP contribution in [0.1, 0.15) is 44.2 Å². The second kappa shape index (κ2) is 11.4. The molecule has 1 aliphatic rings. The first kappa shape index (κ1) is 20.9. The third kappa shape index (κ3) is 7.10. The highest BCUT2D eigenvalue weighted by Gasteiger charge is 2.31. The number of rotatable bonds is 3. The number of amides is 1. The summed E-state index contributed by atoms with van der Waals surface area (Å²) >= 11 is 0. The molecule has 0 aliphatic carbocycles. The molecule has 1 saturated heterocycles. The number of likely N-dealkylation sites (N-methyl/N-ethyl adjacent to an activating group) is 1. The molecule has 1 aromatic carbocycles. The van der Waals surface area contributed by atoms with Crippen molar-refractivity contribution in [1.82, 2.24) is 19.8 Å². The lowest BCUT2D eigenvalue weighted by molar-refractivity contribution is -0.132. The van der Waals surface area contributed by atoms with Crippen molar-refractivity contribution in [2.75, 3.05) is 27.2 Å². The minimum Gasteiger partial charge on any atom is -0.344 e. The molecule has 3 rings (SSSR count). The summed E-state index contributed by atoms with van der Waals surface area (Å²) in [6, 6.07) is 12.1. The number of nitrogens with one attached hydrogen (secondary N) is 1. The molecule has 1 aromatic heterocycles. The van der Waals surface area contributed by atoms with E-state index in [4.69, 9.17) is 0 Å². The molecule has 1 atom stereocenters. The summed E-state index contributed by atoms with van der Waals surface area (Å²) in [5.74, 6) is 1.11. The Bertz CT molecular complexity index is 568. The molecule has 1 amide bonds. The normalized spacial score (nSPS) is 15.9. The predicted molar refractivity (Wildman–Crippen MR) is 103 cm³/mol. The monoisotopic (exact) mass is 344 g/mol. The first-order valence-electron chi connectivity index (χ1n) is 9.03. The van der Waals surface area contributed by atoms with Gasteiger partial charge in [0.15, 0.2) is 0 Å². The minimum atomic E-state index is 0.135. The number of benzene rings is 1. The molecule has 0 saturated carbocycles. The van der Waals surface area contributed by atoms with Crippen molar-refractivity contribution in [3.8, 4) is 0 Å². The predicted octanol–water partition coefficient (Wildman–Crippen LogP) is 3.66. The lowest BCUT2D eigenvalue weighted by Gasteiger charge is -2.24. The third-order valence-corrected chi connectivity index (χ3v) is 3.73. The number of aryl methyl sites for hydroxylation is 1. The summed E-state index contributed by atoms with van der Waals surface area (Å²) < 4.78 is 0. The molecule has 0 unspecified atom stereocenters. The van der Waals surface area contributed by atoms with Gasteiger partial charge >= 0.3 is 0 Å². The van der Waals surface area contributed by atoms with Crippen molar-refractivity contribution in [3.63, 3.8) is 0 Å². The zero-order valence-electron chi connectivity index (χ0n) is 16.2. The minimum absolute atomic E-state index is 0.135. The lowest BCUT2D eigenvalue weighted by atomic mass is 10.2. The Balaban J connectivity index is 0.000000326. The van der Waals surface area contributed by atoms with E-state index >= 15 is 0 Å². The van der Waals surface area contributed by atoms with E-state index < -0.39 is 0 Å². The highest BCUT2D eigenvalue weighted by molar-refractivity contribution is 5.78. The number of aromatic amines is 1. The van der Waals surface area contributed by atoms with E-state index in [0.717, 1.165) is 30.9 Å². The second-order valence-corrected chi connectivity index (χ2v) is 6.09. The van der Waals surface area contributed by atoms with Crippen molar-refractivity contribution >= 4 is 5.91 Å². The zero-order valence-corrected chi connectivity index (χ0v) is 16.2. The summed E-state index contributed by atoms with van der Waals surface area (Å²) in [5.41, 5.74) is 1.05. The van der Waals surface area contributed by atoms with Crippen LogP contribution in [0.5, 0.6) is 0 Å². The summed E-state index contributed by atoms with van der Waals surface area (Å²) in [6.07, 6.45) is 3.89. The van der Waals surface area contributed by atoms with Gasteiger partial charge in [-0.2, -0.15) is 0 Å². The average molecular weight is 345 g/mol. The molecule has 138 valence electrons. The second-order valence-electron chi connectivity index (χ2n) is 6.09. The molecule has 25 heavy (non-hydrogen) atoms. The number of imidazole rings is 1. The molecule has 0 spiro atoms. The van der Waals surface area contributed by atoms with Crippen molar-refractivity contribution in [2.24, 2.45) is 0 Å². The fraction of sp³-hybridized carbons (Fsp3) is 0.500. The van der Waals surface area contributed by atoms with Crippen LogP contribution in [-0.4, -0.2) is 52.9 Å². The summed E-state index contributed by atoms with van der Waals surface area (Å²) in [7, 11) is 3.83. The maximum atomic E-state index is 12.1. The largest absolute Gasteiger partial charge is 0.344 e. The maximum absolute atomic E-state index is 12.1. The Hall–Kier alpha value is -2.14. The maximum Gasteiger partial charge on any atom is 0.237 e. The lowest BCUT2D eigenvalue weighted by Crippen LogP contribution is -2.37. The topological polar surface area (TPSA) is 52.2 Å². The summed E-state index contributed by atoms with van der Waals surface area (Å²) in [6.45, 7) is 7.30. The number of nitrogens with zero attached hydrogens (tertiary/aromatic N) is 3. The van der Waals surface area contributed by atoms with E-state index in [1.54, 1.807) is 0 Å². The van der Waals surface area contributed by atoms with Crippen LogP contribution in [0.25, 0.3) is 0 Å². The fourth-order valence-electron chi connectivity index (χ4n) is 2.70. The smallest absolute Gasteiger partial charge is 0.237 e. The zero-order chi connectivity index (χ0) is 18.7. The molecule has 5 nitrogen and oxygen atoms in total. The Kier molecular flexibility index (Phi) is 9.55. The van der Waals surface area contributed by atoms with E-state index in [9.17, 15) is 4.79 Å². The first-order chi connectivity index (χ1) is 12.1. The molecule has 1 fully saturated rings. The van der Waals surface area contributed by atoms with Crippen molar-refractivity contribution < 1.29 is 4.79 Å². The van der Waals surface area contributed by atoms with E-state index in [-0.39, 0.29) is 11.9 Å². The van der Waals surface area contributed by atoms with Crippen LogP contribution in [0, 0.1) is 6.92 Å². The van der Waals surface area contributed by atoms with E-state index in [2.05, 4.69) is 9.97 Å². The van der Waals surface area contributed by atoms with Gasteiger partial charge in [0.1, 0.15) is 5.82 Å². The van der Waals surface area contributed by atoms with E-state index in [1.807, 2.05) is 87.3 Å². The first-order valence-corrected chi connectivity index (χ1v) is 9.03. The number of H-pyrrole nitrogens is 1. The van der Waals surface area contributed by atoms with Crippen molar-refractivity contribution in [1.29, 1.82) is 0 Å². The van der Waals surface area contributed by atoms with Crippen LogP contribution >= 0.6 is 0 Å². The molecule has 2 heterocycles. The van der Waals surface area contributed by atoms with Crippen LogP contribution in [0.2, 0.25) is 0 Å². The van der Waals surface area contributed by atoms with Gasteiger partial charge in [0.2, 0.25) is 5.91 Å². The van der Waals surface area contributed by atoms with Crippen LogP contribution in [0.4, 0.5) is 0 Å². The molecule has 2 aromatic rings. The van der Waals surface area contributed by atoms with Crippen LogP contribution in [-0.2, 0) is 4.79 Å². The van der Waals surface area contributed by atoms with Gasteiger partial charge in [0.05, 0.1) is 12.6 Å². The number of likely N-dealkylation sites (tertiary alicyclic amines) is 1. The molecular formula is C20H32N4O. The van der Waals surface area contributed by atoms with Crippen LogP contribution in [0.3, 0.4) is 0 Å². The fourth-order valence-corrected chi connectivity index (χ4v) is 2.70. The molecular weight excluding hydrogens is 312 g/mol. The number of aromatic nitrogens is 2. The van der Waals surface area contributed by atoms with Gasteiger partial charge in [-0.05, 0) is 33.9 Å². The Morgan fingerprint density at radius 2 is 1.76 bits per heavy atom. The van der Waals surface area contributed by atoms with Gasteiger partial charge in [-0.1, -0.05) is 50.2 Å². The SMILES string of the molecule is CC.Cc1cnc([C@@H]2CCCN2C(=O)CN(C)C)[nH]1.c1ccccc1. The number of carbonyl (C=O) groups excluding carboxylic acids is 1. The van der Waals surface area contributed by atoms with Crippen molar-refractivity contribution in [2.45, 2.75) is 39.7 Å². The van der Waals surface area contributed by atoms with Crippen molar-refractivity contribution in [3.05, 3.63) is 54.1 Å². The number of carbonyl (C=O) groups is 1. The summed E-state index contributed by atoms with van der Waals surface area (Å²) in [5, 5.41) is 0. The molecule has 0 bridgehead atoms. The van der Waals surface area contributed by atoms with Gasteiger partial charge in [-0.3, -0.25) is 4.79 Å². The van der Waals surface area contributed by atoms with Crippen LogP contribution in [0.15, 0.2) is 42.6 Å². The highest BCUT2D eigenvalue weighted by Crippen LogP contribution is 2.30. The summed E-state index contributed by atoms with van der Waals surface area (Å²) in [4.78, 5) is 23.5. The molecule has 1 N–H and O–H groups in total. The van der Waals surface area contributed by atoms with E-state index in [1.165, 1.54) is 0 Å². The Labute approximate surface area is 152 Å². The highest BCUT2D eigenvalue weighted by atomic mass is 16.2. The number of hydrogen-bond acceptors (Lipinski definition) is 3. The molecule has 0 radical (unpaired) electrons. The Morgan fingerprint density at radius 3 is 2.20 bits per heavy atom. The quantitative estimate of drug-likeness (QED) is 0.924.